The highest BCUT2D eigenvalue weighted by Gasteiger charge is 2.29. The minimum atomic E-state index is -0.481. The molecule has 0 saturated carbocycles. The molecule has 2 aromatic heterocycles. The normalized spacial score (nSPS) is 13.5. The number of aromatic amines is 1. The maximum Gasteiger partial charge on any atom is 0.354 e. The predicted molar refractivity (Wildman–Crippen MR) is 135 cm³/mol. The van der Waals surface area contributed by atoms with Crippen molar-refractivity contribution in [1.29, 1.82) is 5.41 Å². The zero-order chi connectivity index (χ0) is 25.5. The fourth-order valence-corrected chi connectivity index (χ4v) is 3.74. The summed E-state index contributed by atoms with van der Waals surface area (Å²) in [6.45, 7) is 3.29. The zero-order valence-electron chi connectivity index (χ0n) is 19.9. The standard InChI is InChI=1S/C25H27N7O4/c1-3-36-25(34)22(9-11-26)28-16-14-32(15-16)17-7-8-20(23(13-17)35-2)30-24(33)21-6-4-5-18(29-21)19-10-12-27-31-19/h4-13,16,26,28H,3,14-15H2,1-2H3,(H,27,31)(H,30,33)/b22-9-,26-11?. The number of nitrogens with zero attached hydrogens (tertiary/aromatic N) is 3. The quantitative estimate of drug-likeness (QED) is 0.193. The molecule has 0 radical (unpaired) electrons. The van der Waals surface area contributed by atoms with Crippen LogP contribution in [-0.4, -0.2) is 66.1 Å². The second-order valence-corrected chi connectivity index (χ2v) is 7.92. The molecule has 36 heavy (non-hydrogen) atoms. The molecule has 0 atom stereocenters. The molecule has 1 aliphatic heterocycles. The Hall–Kier alpha value is -4.67. The molecule has 1 aliphatic rings. The lowest BCUT2D eigenvalue weighted by molar-refractivity contribution is -0.139. The van der Waals surface area contributed by atoms with Gasteiger partial charge in [-0.15, -0.1) is 0 Å². The van der Waals surface area contributed by atoms with Gasteiger partial charge < -0.3 is 30.4 Å². The van der Waals surface area contributed by atoms with Gasteiger partial charge in [-0.25, -0.2) is 9.78 Å². The second kappa shape index (κ2) is 11.2. The second-order valence-electron chi connectivity index (χ2n) is 7.92. The molecule has 1 saturated heterocycles. The lowest BCUT2D eigenvalue weighted by Gasteiger charge is -2.42. The summed E-state index contributed by atoms with van der Waals surface area (Å²) in [5, 5.41) is 20.1. The van der Waals surface area contributed by atoms with Crippen molar-refractivity contribution in [1.82, 2.24) is 20.5 Å². The molecule has 0 bridgehead atoms. The molecule has 1 amide bonds. The third-order valence-electron chi connectivity index (χ3n) is 5.53. The van der Waals surface area contributed by atoms with Crippen LogP contribution >= 0.6 is 0 Å². The van der Waals surface area contributed by atoms with Gasteiger partial charge in [0.15, 0.2) is 0 Å². The van der Waals surface area contributed by atoms with Gasteiger partial charge in [-0.1, -0.05) is 6.07 Å². The highest BCUT2D eigenvalue weighted by molar-refractivity contribution is 6.04. The number of hydrogen-bond acceptors (Lipinski definition) is 9. The van der Waals surface area contributed by atoms with Crippen LogP contribution in [0.15, 0.2) is 60.4 Å². The van der Waals surface area contributed by atoms with Gasteiger partial charge in [0.2, 0.25) is 0 Å². The van der Waals surface area contributed by atoms with Crippen LogP contribution in [-0.2, 0) is 9.53 Å². The third kappa shape index (κ3) is 5.52. The topological polar surface area (TPSA) is 145 Å². The molecule has 4 N–H and O–H groups in total. The van der Waals surface area contributed by atoms with E-state index in [-0.39, 0.29) is 29.9 Å². The van der Waals surface area contributed by atoms with E-state index in [2.05, 4.69) is 30.7 Å². The van der Waals surface area contributed by atoms with Gasteiger partial charge in [0.25, 0.3) is 5.91 Å². The summed E-state index contributed by atoms with van der Waals surface area (Å²) >= 11 is 0. The summed E-state index contributed by atoms with van der Waals surface area (Å²) in [6.07, 6.45) is 4.13. The number of carbonyl (C=O) groups excluding carboxylic acids is 2. The number of pyridine rings is 1. The van der Waals surface area contributed by atoms with Crippen molar-refractivity contribution in [3.05, 3.63) is 66.1 Å². The number of methoxy groups -OCH3 is 1. The fraction of sp³-hybridized carbons (Fsp3) is 0.240. The van der Waals surface area contributed by atoms with Crippen LogP contribution in [0.4, 0.5) is 11.4 Å². The van der Waals surface area contributed by atoms with Gasteiger partial charge >= 0.3 is 5.97 Å². The molecule has 0 unspecified atom stereocenters. The van der Waals surface area contributed by atoms with E-state index in [1.807, 2.05) is 12.1 Å². The fourth-order valence-electron chi connectivity index (χ4n) is 3.74. The molecule has 1 aromatic carbocycles. The molecule has 0 aliphatic carbocycles. The lowest BCUT2D eigenvalue weighted by Crippen LogP contribution is -2.58. The Morgan fingerprint density at radius 1 is 1.22 bits per heavy atom. The summed E-state index contributed by atoms with van der Waals surface area (Å²) in [7, 11) is 1.54. The van der Waals surface area contributed by atoms with Gasteiger partial charge in [-0.05, 0) is 43.3 Å². The van der Waals surface area contributed by atoms with Crippen LogP contribution in [0, 0.1) is 5.41 Å². The number of amides is 1. The number of aromatic nitrogens is 3. The number of benzene rings is 1. The maximum atomic E-state index is 12.9. The molecule has 186 valence electrons. The highest BCUT2D eigenvalue weighted by atomic mass is 16.5. The Bertz CT molecular complexity index is 1270. The van der Waals surface area contributed by atoms with E-state index in [1.165, 1.54) is 6.08 Å². The van der Waals surface area contributed by atoms with Crippen LogP contribution < -0.4 is 20.3 Å². The van der Waals surface area contributed by atoms with Crippen molar-refractivity contribution in [2.45, 2.75) is 13.0 Å². The number of carbonyl (C=O) groups is 2. The average Bonchev–Trinajstić information content (AvgIpc) is 3.41. The van der Waals surface area contributed by atoms with E-state index < -0.39 is 5.97 Å². The van der Waals surface area contributed by atoms with Crippen LogP contribution in [0.1, 0.15) is 17.4 Å². The van der Waals surface area contributed by atoms with E-state index in [9.17, 15) is 9.59 Å². The maximum absolute atomic E-state index is 12.9. The highest BCUT2D eigenvalue weighted by Crippen LogP contribution is 2.32. The van der Waals surface area contributed by atoms with Gasteiger partial charge in [-0.2, -0.15) is 5.10 Å². The Morgan fingerprint density at radius 3 is 2.75 bits per heavy atom. The average molecular weight is 490 g/mol. The van der Waals surface area contributed by atoms with E-state index in [0.29, 0.717) is 35.9 Å². The summed E-state index contributed by atoms with van der Waals surface area (Å²) < 4.78 is 10.5. The number of hydrogen-bond donors (Lipinski definition) is 4. The number of rotatable bonds is 10. The van der Waals surface area contributed by atoms with Crippen LogP contribution in [0.5, 0.6) is 5.75 Å². The Balaban J connectivity index is 1.40. The lowest BCUT2D eigenvalue weighted by atomic mass is 10.1. The van der Waals surface area contributed by atoms with Crippen molar-refractivity contribution < 1.29 is 19.1 Å². The number of allylic oxidation sites excluding steroid dienone is 1. The number of anilines is 2. The molecular formula is C25H27N7O4. The first-order valence-corrected chi connectivity index (χ1v) is 11.4. The molecule has 11 nitrogen and oxygen atoms in total. The van der Waals surface area contributed by atoms with E-state index >= 15 is 0 Å². The monoisotopic (exact) mass is 489 g/mol. The van der Waals surface area contributed by atoms with Gasteiger partial charge in [0.05, 0.1) is 31.1 Å². The Morgan fingerprint density at radius 2 is 2.06 bits per heavy atom. The van der Waals surface area contributed by atoms with Crippen molar-refractivity contribution in [2.75, 3.05) is 37.0 Å². The van der Waals surface area contributed by atoms with E-state index in [4.69, 9.17) is 14.9 Å². The minimum Gasteiger partial charge on any atom is -0.494 e. The molecular weight excluding hydrogens is 462 g/mol. The van der Waals surface area contributed by atoms with Gasteiger partial charge in [0, 0.05) is 37.3 Å². The van der Waals surface area contributed by atoms with Crippen molar-refractivity contribution in [3.63, 3.8) is 0 Å². The predicted octanol–water partition coefficient (Wildman–Crippen LogP) is 2.61. The van der Waals surface area contributed by atoms with E-state index in [1.54, 1.807) is 50.6 Å². The minimum absolute atomic E-state index is 0.0267. The molecule has 3 aromatic rings. The number of ether oxygens (including phenoxy) is 2. The SMILES string of the molecule is CCOC(=O)/C(=C/C=N)NC1CN(c2ccc(NC(=O)c3cccc(-c4cc[nH]n4)n3)c(OC)c2)C1. The van der Waals surface area contributed by atoms with Crippen LogP contribution in [0.25, 0.3) is 11.4 Å². The van der Waals surface area contributed by atoms with Crippen molar-refractivity contribution in [3.8, 4) is 17.1 Å². The number of esters is 1. The molecule has 3 heterocycles. The molecule has 11 heteroatoms. The van der Waals surface area contributed by atoms with Crippen molar-refractivity contribution in [2.24, 2.45) is 0 Å². The Kier molecular flexibility index (Phi) is 7.59. The van der Waals surface area contributed by atoms with Gasteiger partial charge in [-0.3, -0.25) is 9.89 Å². The number of nitrogens with one attached hydrogen (secondary N) is 4. The summed E-state index contributed by atoms with van der Waals surface area (Å²) in [5.41, 5.74) is 3.19. The molecule has 0 spiro atoms. The molecule has 1 fully saturated rings. The van der Waals surface area contributed by atoms with Gasteiger partial charge in [0.1, 0.15) is 22.8 Å². The van der Waals surface area contributed by atoms with Crippen LogP contribution in [0.3, 0.4) is 0 Å². The first-order valence-electron chi connectivity index (χ1n) is 11.4. The summed E-state index contributed by atoms with van der Waals surface area (Å²) in [4.78, 5) is 31.4. The largest absolute Gasteiger partial charge is 0.494 e. The summed E-state index contributed by atoms with van der Waals surface area (Å²) in [5.74, 6) is -0.335. The first-order chi connectivity index (χ1) is 17.5. The number of H-pyrrole nitrogens is 1. The van der Waals surface area contributed by atoms with Crippen LogP contribution in [0.2, 0.25) is 0 Å². The van der Waals surface area contributed by atoms with E-state index in [0.717, 1.165) is 11.9 Å². The molecule has 4 rings (SSSR count). The van der Waals surface area contributed by atoms with Crippen molar-refractivity contribution >= 4 is 29.5 Å². The zero-order valence-corrected chi connectivity index (χ0v) is 19.9. The smallest absolute Gasteiger partial charge is 0.354 e. The third-order valence-corrected chi connectivity index (χ3v) is 5.53. The summed E-state index contributed by atoms with van der Waals surface area (Å²) in [6, 6.07) is 12.5. The first kappa shape index (κ1) is 24.5. The Labute approximate surface area is 208 Å².